The molecule has 2 fully saturated rings. The molecule has 3 rings (SSSR count). The molecule has 1 heterocycles. The molecule has 0 spiro atoms. The van der Waals surface area contributed by atoms with Gasteiger partial charge in [0.1, 0.15) is 0 Å². The van der Waals surface area contributed by atoms with E-state index in [0.29, 0.717) is 0 Å². The summed E-state index contributed by atoms with van der Waals surface area (Å²) in [5, 5.41) is 0. The second-order valence-corrected chi connectivity index (χ2v) is 5.15. The summed E-state index contributed by atoms with van der Waals surface area (Å²) in [5.41, 5.74) is 8.87. The molecule has 2 aliphatic rings. The maximum Gasteiger partial charge on any atom is 0.0366 e. The van der Waals surface area contributed by atoms with E-state index in [9.17, 15) is 0 Å². The quantitative estimate of drug-likeness (QED) is 0.841. The van der Waals surface area contributed by atoms with Crippen molar-refractivity contribution < 1.29 is 0 Å². The Morgan fingerprint density at radius 3 is 2.25 bits per heavy atom. The fraction of sp³-hybridized carbons (Fsp3) is 0.571. The van der Waals surface area contributed by atoms with Crippen molar-refractivity contribution in [1.82, 2.24) is 0 Å². The lowest BCUT2D eigenvalue weighted by Crippen LogP contribution is -2.18. The maximum absolute atomic E-state index is 6.19. The summed E-state index contributed by atoms with van der Waals surface area (Å²) in [6.45, 7) is 2.43. The third-order valence-corrected chi connectivity index (χ3v) is 3.88. The van der Waals surface area contributed by atoms with Crippen LogP contribution in [0.5, 0.6) is 0 Å². The van der Waals surface area contributed by atoms with Crippen LogP contribution in [0.4, 0.5) is 5.69 Å². The Morgan fingerprint density at radius 1 is 1.06 bits per heavy atom. The van der Waals surface area contributed by atoms with Gasteiger partial charge in [0.2, 0.25) is 0 Å². The first kappa shape index (κ1) is 10.2. The third kappa shape index (κ3) is 1.94. The average molecular weight is 216 g/mol. The summed E-state index contributed by atoms with van der Waals surface area (Å²) in [5.74, 6) is 0.748. The van der Waals surface area contributed by atoms with Crippen LogP contribution in [0.2, 0.25) is 0 Å². The summed E-state index contributed by atoms with van der Waals surface area (Å²) >= 11 is 0. The van der Waals surface area contributed by atoms with E-state index in [1.807, 2.05) is 0 Å². The number of anilines is 1. The van der Waals surface area contributed by atoms with Crippen molar-refractivity contribution >= 4 is 5.69 Å². The molecule has 2 heteroatoms. The fourth-order valence-electron chi connectivity index (χ4n) is 2.61. The molecule has 0 amide bonds. The third-order valence-electron chi connectivity index (χ3n) is 3.88. The second-order valence-electron chi connectivity index (χ2n) is 5.15. The minimum atomic E-state index is 0.271. The van der Waals surface area contributed by atoms with Gasteiger partial charge in [0.15, 0.2) is 0 Å². The molecular weight excluding hydrogens is 196 g/mol. The highest BCUT2D eigenvalue weighted by atomic mass is 15.1. The first-order valence-electron chi connectivity index (χ1n) is 6.45. The smallest absolute Gasteiger partial charge is 0.0366 e. The van der Waals surface area contributed by atoms with Gasteiger partial charge in [0, 0.05) is 24.8 Å². The van der Waals surface area contributed by atoms with Crippen LogP contribution in [0.25, 0.3) is 0 Å². The second kappa shape index (κ2) is 4.10. The lowest BCUT2D eigenvalue weighted by atomic mass is 10.0. The van der Waals surface area contributed by atoms with E-state index in [1.54, 1.807) is 0 Å². The Hall–Kier alpha value is -1.02. The Labute approximate surface area is 97.4 Å². The molecular formula is C14H20N2. The molecule has 86 valence electrons. The van der Waals surface area contributed by atoms with E-state index < -0.39 is 0 Å². The lowest BCUT2D eigenvalue weighted by Gasteiger charge is -2.19. The Balaban J connectivity index is 1.73. The van der Waals surface area contributed by atoms with Gasteiger partial charge in [0.25, 0.3) is 0 Å². The molecule has 0 radical (unpaired) electrons. The highest BCUT2D eigenvalue weighted by molar-refractivity contribution is 5.48. The van der Waals surface area contributed by atoms with Crippen molar-refractivity contribution in [2.45, 2.75) is 31.7 Å². The normalized spacial score (nSPS) is 22.4. The standard InChI is InChI=1S/C14H20N2/c15-14(11-3-4-11)12-5-7-13(8-6-12)16-9-1-2-10-16/h5-8,11,14H,1-4,9-10,15H2/t14-/m1/s1. The van der Waals surface area contributed by atoms with Gasteiger partial charge in [0.05, 0.1) is 0 Å². The number of rotatable bonds is 3. The summed E-state index contributed by atoms with van der Waals surface area (Å²) in [4.78, 5) is 2.46. The Bertz CT molecular complexity index is 327. The lowest BCUT2D eigenvalue weighted by molar-refractivity contribution is 0.633. The molecule has 0 unspecified atom stereocenters. The maximum atomic E-state index is 6.19. The van der Waals surface area contributed by atoms with Gasteiger partial charge < -0.3 is 10.6 Å². The van der Waals surface area contributed by atoms with Crippen LogP contribution < -0.4 is 10.6 Å². The number of nitrogens with zero attached hydrogens (tertiary/aromatic N) is 1. The van der Waals surface area contributed by atoms with Crippen molar-refractivity contribution in [2.75, 3.05) is 18.0 Å². The van der Waals surface area contributed by atoms with Gasteiger partial charge in [-0.25, -0.2) is 0 Å². The minimum Gasteiger partial charge on any atom is -0.372 e. The molecule has 1 aromatic rings. The van der Waals surface area contributed by atoms with Crippen LogP contribution in [-0.4, -0.2) is 13.1 Å². The highest BCUT2D eigenvalue weighted by Gasteiger charge is 2.29. The van der Waals surface area contributed by atoms with Crippen LogP contribution in [0.1, 0.15) is 37.3 Å². The summed E-state index contributed by atoms with van der Waals surface area (Å²) in [7, 11) is 0. The number of hydrogen-bond donors (Lipinski definition) is 1. The molecule has 2 nitrogen and oxygen atoms in total. The largest absolute Gasteiger partial charge is 0.372 e. The van der Waals surface area contributed by atoms with Gasteiger partial charge in [-0.3, -0.25) is 0 Å². The highest BCUT2D eigenvalue weighted by Crippen LogP contribution is 2.39. The molecule has 1 aliphatic carbocycles. The first-order valence-corrected chi connectivity index (χ1v) is 6.45. The van der Waals surface area contributed by atoms with Gasteiger partial charge >= 0.3 is 0 Å². The summed E-state index contributed by atoms with van der Waals surface area (Å²) in [6.07, 6.45) is 5.30. The van der Waals surface area contributed by atoms with Crippen molar-refractivity contribution in [3.63, 3.8) is 0 Å². The van der Waals surface area contributed by atoms with E-state index >= 15 is 0 Å². The average Bonchev–Trinajstić information content (AvgIpc) is 3.04. The van der Waals surface area contributed by atoms with E-state index in [0.717, 1.165) is 5.92 Å². The zero-order valence-corrected chi connectivity index (χ0v) is 9.73. The fourth-order valence-corrected chi connectivity index (χ4v) is 2.61. The van der Waals surface area contributed by atoms with Crippen LogP contribution >= 0.6 is 0 Å². The van der Waals surface area contributed by atoms with Crippen molar-refractivity contribution in [1.29, 1.82) is 0 Å². The molecule has 1 atom stereocenters. The SMILES string of the molecule is N[C@@H](c1ccc(N2CCCC2)cc1)C1CC1. The molecule has 1 saturated heterocycles. The zero-order chi connectivity index (χ0) is 11.0. The van der Waals surface area contributed by atoms with E-state index in [-0.39, 0.29) is 6.04 Å². The van der Waals surface area contributed by atoms with Crippen LogP contribution in [0, 0.1) is 5.92 Å². The molecule has 1 aromatic carbocycles. The molecule has 1 saturated carbocycles. The molecule has 0 bridgehead atoms. The van der Waals surface area contributed by atoms with Gasteiger partial charge in [-0.2, -0.15) is 0 Å². The summed E-state index contributed by atoms with van der Waals surface area (Å²) < 4.78 is 0. The Morgan fingerprint density at radius 2 is 1.69 bits per heavy atom. The number of benzene rings is 1. The van der Waals surface area contributed by atoms with Crippen LogP contribution in [0.15, 0.2) is 24.3 Å². The first-order chi connectivity index (χ1) is 7.84. The minimum absolute atomic E-state index is 0.271. The van der Waals surface area contributed by atoms with Gasteiger partial charge in [-0.1, -0.05) is 12.1 Å². The molecule has 16 heavy (non-hydrogen) atoms. The predicted molar refractivity (Wildman–Crippen MR) is 67.5 cm³/mol. The zero-order valence-electron chi connectivity index (χ0n) is 9.73. The predicted octanol–water partition coefficient (Wildman–Crippen LogP) is 2.70. The molecule has 0 aromatic heterocycles. The van der Waals surface area contributed by atoms with Crippen LogP contribution in [-0.2, 0) is 0 Å². The topological polar surface area (TPSA) is 29.3 Å². The van der Waals surface area contributed by atoms with Crippen LogP contribution in [0.3, 0.4) is 0 Å². The monoisotopic (exact) mass is 216 g/mol. The van der Waals surface area contributed by atoms with Crippen molar-refractivity contribution in [3.8, 4) is 0 Å². The van der Waals surface area contributed by atoms with E-state index in [4.69, 9.17) is 5.73 Å². The number of nitrogens with two attached hydrogens (primary N) is 1. The Kier molecular flexibility index (Phi) is 2.60. The van der Waals surface area contributed by atoms with E-state index in [2.05, 4.69) is 29.2 Å². The number of hydrogen-bond acceptors (Lipinski definition) is 2. The van der Waals surface area contributed by atoms with Crippen molar-refractivity contribution in [3.05, 3.63) is 29.8 Å². The molecule has 2 N–H and O–H groups in total. The van der Waals surface area contributed by atoms with Crippen molar-refractivity contribution in [2.24, 2.45) is 11.7 Å². The van der Waals surface area contributed by atoms with Gasteiger partial charge in [-0.15, -0.1) is 0 Å². The molecule has 1 aliphatic heterocycles. The van der Waals surface area contributed by atoms with E-state index in [1.165, 1.54) is 50.0 Å². The summed E-state index contributed by atoms with van der Waals surface area (Å²) in [6, 6.07) is 9.19. The van der Waals surface area contributed by atoms with Gasteiger partial charge in [-0.05, 0) is 49.3 Å².